The number of fused-ring (bicyclic) bond motifs is 1. The second-order valence-electron chi connectivity index (χ2n) is 8.09. The molecule has 9 heteroatoms. The Morgan fingerprint density at radius 1 is 1.28 bits per heavy atom. The molecule has 3 aromatic rings. The summed E-state index contributed by atoms with van der Waals surface area (Å²) >= 11 is 0. The summed E-state index contributed by atoms with van der Waals surface area (Å²) in [5.41, 5.74) is 9.33. The van der Waals surface area contributed by atoms with Gasteiger partial charge in [0.15, 0.2) is 5.03 Å². The summed E-state index contributed by atoms with van der Waals surface area (Å²) < 4.78 is 48.6. The smallest absolute Gasteiger partial charge is 0.259 e. The Balaban J connectivity index is 1.42. The molecule has 4 rings (SSSR count). The topological polar surface area (TPSA) is 99.2 Å². The molecule has 170 valence electrons. The molecular weight excluding hydrogens is 431 g/mol. The number of sulfonamides is 1. The van der Waals surface area contributed by atoms with Gasteiger partial charge >= 0.3 is 0 Å². The molecule has 2 atom stereocenters. The van der Waals surface area contributed by atoms with Crippen LogP contribution in [0.5, 0.6) is 5.75 Å². The van der Waals surface area contributed by atoms with E-state index in [1.165, 1.54) is 24.2 Å². The van der Waals surface area contributed by atoms with Crippen LogP contribution in [0, 0.1) is 5.82 Å². The van der Waals surface area contributed by atoms with E-state index in [0.29, 0.717) is 17.7 Å². The summed E-state index contributed by atoms with van der Waals surface area (Å²) in [7, 11) is -1.97. The highest BCUT2D eigenvalue weighted by Crippen LogP contribution is 2.36. The van der Waals surface area contributed by atoms with Crippen LogP contribution < -0.4 is 15.2 Å². The Kier molecular flexibility index (Phi) is 6.59. The highest BCUT2D eigenvalue weighted by Gasteiger charge is 2.28. The first-order valence-corrected chi connectivity index (χ1v) is 12.0. The van der Waals surface area contributed by atoms with Crippen molar-refractivity contribution in [2.24, 2.45) is 12.8 Å². The van der Waals surface area contributed by atoms with Gasteiger partial charge < -0.3 is 15.0 Å². The molecule has 0 amide bonds. The van der Waals surface area contributed by atoms with Crippen LogP contribution in [0.3, 0.4) is 0 Å². The molecule has 0 saturated carbocycles. The molecule has 0 spiro atoms. The van der Waals surface area contributed by atoms with Crippen molar-refractivity contribution in [1.29, 1.82) is 0 Å². The number of aromatic nitrogens is 2. The lowest BCUT2D eigenvalue weighted by Crippen LogP contribution is -2.34. The Bertz CT molecular complexity index is 1200. The predicted molar refractivity (Wildman–Crippen MR) is 119 cm³/mol. The van der Waals surface area contributed by atoms with Gasteiger partial charge in [-0.2, -0.15) is 0 Å². The van der Waals surface area contributed by atoms with E-state index in [4.69, 9.17) is 10.5 Å². The van der Waals surface area contributed by atoms with Crippen LogP contribution >= 0.6 is 0 Å². The second-order valence-corrected chi connectivity index (χ2v) is 9.80. The largest absolute Gasteiger partial charge is 0.492 e. The normalized spacial score (nSPS) is 18.3. The number of hydrogen-bond donors (Lipinski definition) is 2. The minimum Gasteiger partial charge on any atom is -0.492 e. The quantitative estimate of drug-likeness (QED) is 0.506. The number of nitrogens with zero attached hydrogens (tertiary/aromatic N) is 2. The molecule has 2 aromatic carbocycles. The SMILES string of the molecule is Cn1cnc(S(=O)(=O)NCCOc2ccc3c(c2)[C@H](Cc2ccccc2F)[C@H](N)CC3)c1. The fourth-order valence-corrected chi connectivity index (χ4v) is 5.09. The van der Waals surface area contributed by atoms with Crippen molar-refractivity contribution in [3.63, 3.8) is 0 Å². The average Bonchev–Trinajstić information content (AvgIpc) is 3.22. The maximum Gasteiger partial charge on any atom is 0.259 e. The Morgan fingerprint density at radius 3 is 2.84 bits per heavy atom. The lowest BCUT2D eigenvalue weighted by molar-refractivity contribution is 0.321. The molecule has 0 fully saturated rings. The van der Waals surface area contributed by atoms with Gasteiger partial charge in [-0.3, -0.25) is 0 Å². The summed E-state index contributed by atoms with van der Waals surface area (Å²) in [5, 5.41) is -0.0289. The minimum absolute atomic E-state index is 0.0122. The molecule has 1 heterocycles. The van der Waals surface area contributed by atoms with Gasteiger partial charge in [0.05, 0.1) is 6.33 Å². The lowest BCUT2D eigenvalue weighted by atomic mass is 9.76. The van der Waals surface area contributed by atoms with E-state index in [2.05, 4.69) is 9.71 Å². The van der Waals surface area contributed by atoms with Gasteiger partial charge in [0, 0.05) is 31.7 Å². The third-order valence-electron chi connectivity index (χ3n) is 5.80. The fourth-order valence-electron chi connectivity index (χ4n) is 4.10. The zero-order chi connectivity index (χ0) is 22.7. The number of halogens is 1. The van der Waals surface area contributed by atoms with Crippen LogP contribution in [0.2, 0.25) is 0 Å². The predicted octanol–water partition coefficient (Wildman–Crippen LogP) is 2.52. The molecule has 0 saturated heterocycles. The van der Waals surface area contributed by atoms with Crippen molar-refractivity contribution in [3.05, 3.63) is 77.5 Å². The zero-order valence-electron chi connectivity index (χ0n) is 17.9. The Hall–Kier alpha value is -2.75. The average molecular weight is 459 g/mol. The molecule has 0 unspecified atom stereocenters. The van der Waals surface area contributed by atoms with Crippen molar-refractivity contribution in [1.82, 2.24) is 14.3 Å². The first-order valence-electron chi connectivity index (χ1n) is 10.6. The second kappa shape index (κ2) is 9.40. The molecule has 0 aliphatic heterocycles. The summed E-state index contributed by atoms with van der Waals surface area (Å²) in [6, 6.07) is 12.6. The lowest BCUT2D eigenvalue weighted by Gasteiger charge is -2.32. The van der Waals surface area contributed by atoms with Crippen molar-refractivity contribution < 1.29 is 17.5 Å². The summed E-state index contributed by atoms with van der Waals surface area (Å²) in [6.45, 7) is 0.267. The van der Waals surface area contributed by atoms with E-state index in [9.17, 15) is 12.8 Å². The highest BCUT2D eigenvalue weighted by molar-refractivity contribution is 7.89. The molecule has 1 aromatic heterocycles. The number of nitrogens with two attached hydrogens (primary N) is 1. The third-order valence-corrected chi connectivity index (χ3v) is 7.14. The number of benzene rings is 2. The standard InChI is InChI=1S/C23H27FN4O3S/c1-28-14-23(26-15-28)32(29,30)27-10-11-31-18-8-6-16-7-9-22(25)20(19(16)13-18)12-17-4-2-3-5-21(17)24/h2-6,8,13-15,20,22,27H,7,9-12,25H2,1H3/t20-,22+/m0/s1. The number of hydrogen-bond acceptors (Lipinski definition) is 5. The number of rotatable bonds is 8. The first kappa shape index (κ1) is 22.4. The van der Waals surface area contributed by atoms with Crippen molar-refractivity contribution >= 4 is 10.0 Å². The van der Waals surface area contributed by atoms with Gasteiger partial charge in [-0.15, -0.1) is 0 Å². The van der Waals surface area contributed by atoms with E-state index in [-0.39, 0.29) is 36.0 Å². The van der Waals surface area contributed by atoms with Crippen LogP contribution in [0.4, 0.5) is 4.39 Å². The van der Waals surface area contributed by atoms with E-state index in [1.807, 2.05) is 24.3 Å². The number of imidazole rings is 1. The Labute approximate surface area is 187 Å². The molecule has 1 aliphatic carbocycles. The first-order chi connectivity index (χ1) is 15.3. The van der Waals surface area contributed by atoms with Crippen LogP contribution in [0.25, 0.3) is 0 Å². The van der Waals surface area contributed by atoms with Gasteiger partial charge in [0.25, 0.3) is 10.0 Å². The van der Waals surface area contributed by atoms with Gasteiger partial charge in [0.1, 0.15) is 18.2 Å². The van der Waals surface area contributed by atoms with Crippen molar-refractivity contribution in [2.75, 3.05) is 13.2 Å². The molecule has 0 radical (unpaired) electrons. The van der Waals surface area contributed by atoms with Crippen LogP contribution in [-0.4, -0.2) is 37.2 Å². The van der Waals surface area contributed by atoms with E-state index in [1.54, 1.807) is 23.7 Å². The number of aryl methyl sites for hydroxylation is 2. The van der Waals surface area contributed by atoms with E-state index in [0.717, 1.165) is 18.4 Å². The molecule has 3 N–H and O–H groups in total. The fraction of sp³-hybridized carbons (Fsp3) is 0.348. The molecule has 0 bridgehead atoms. The molecular formula is C23H27FN4O3S. The van der Waals surface area contributed by atoms with Crippen molar-refractivity contribution in [3.8, 4) is 5.75 Å². The van der Waals surface area contributed by atoms with Gasteiger partial charge in [-0.25, -0.2) is 22.5 Å². The number of nitrogens with one attached hydrogen (secondary N) is 1. The van der Waals surface area contributed by atoms with E-state index < -0.39 is 10.0 Å². The summed E-state index contributed by atoms with van der Waals surface area (Å²) in [6.07, 6.45) is 5.11. The monoisotopic (exact) mass is 458 g/mol. The molecule has 32 heavy (non-hydrogen) atoms. The maximum absolute atomic E-state index is 14.2. The zero-order valence-corrected chi connectivity index (χ0v) is 18.7. The highest BCUT2D eigenvalue weighted by atomic mass is 32.2. The van der Waals surface area contributed by atoms with Crippen molar-refractivity contribution in [2.45, 2.75) is 36.2 Å². The van der Waals surface area contributed by atoms with Gasteiger partial charge in [-0.05, 0) is 54.2 Å². The maximum atomic E-state index is 14.2. The van der Waals surface area contributed by atoms with Crippen LogP contribution in [0.15, 0.2) is 60.0 Å². The summed E-state index contributed by atoms with van der Waals surface area (Å²) in [5.74, 6) is 0.398. The van der Waals surface area contributed by atoms with E-state index >= 15 is 0 Å². The van der Waals surface area contributed by atoms with Crippen LogP contribution in [0.1, 0.15) is 29.0 Å². The van der Waals surface area contributed by atoms with Crippen LogP contribution in [-0.2, 0) is 29.9 Å². The Morgan fingerprint density at radius 2 is 2.09 bits per heavy atom. The molecule has 1 aliphatic rings. The van der Waals surface area contributed by atoms with Gasteiger partial charge in [-0.1, -0.05) is 24.3 Å². The third kappa shape index (κ3) is 5.01. The molecule has 7 nitrogen and oxygen atoms in total. The number of ether oxygens (including phenoxy) is 1. The minimum atomic E-state index is -3.68. The van der Waals surface area contributed by atoms with Gasteiger partial charge in [0.2, 0.25) is 0 Å². The summed E-state index contributed by atoms with van der Waals surface area (Å²) in [4.78, 5) is 3.86.